The number of aromatic hydroxyl groups is 1. The van der Waals surface area contributed by atoms with Crippen LogP contribution >= 0.6 is 10.9 Å². The SMILES string of the molecule is Cc1cc(S(=O)(=O)O)cc([N-]N=C(N=Nc2cc(S(O)(O)O)ccc2C(=O)O)c2ccccc2C(=O)O)c1O.[Cu+]. The smallest absolute Gasteiger partial charge is 0.571 e. The molecule has 216 valence electrons. The monoisotopic (exact) mass is 642 g/mol. The summed E-state index contributed by atoms with van der Waals surface area (Å²) in [4.78, 5) is 22.3. The third-order valence-corrected chi connectivity index (χ3v) is 6.69. The zero-order valence-electron chi connectivity index (χ0n) is 19.9. The van der Waals surface area contributed by atoms with Gasteiger partial charge in [0.2, 0.25) is 0 Å². The second kappa shape index (κ2) is 12.5. The molecule has 0 radical (unpaired) electrons. The first kappa shape index (κ1) is 32.3. The van der Waals surface area contributed by atoms with Crippen molar-refractivity contribution < 1.29 is 68.6 Å². The van der Waals surface area contributed by atoms with Gasteiger partial charge in [-0.1, -0.05) is 30.0 Å². The Balaban J connectivity index is 0.00000560. The van der Waals surface area contributed by atoms with Crippen molar-refractivity contribution in [1.29, 1.82) is 0 Å². The number of carboxylic acid groups (broad SMARTS) is 2. The van der Waals surface area contributed by atoms with Gasteiger partial charge in [0.25, 0.3) is 10.1 Å². The Labute approximate surface area is 238 Å². The Kier molecular flexibility index (Phi) is 10.1. The Morgan fingerprint density at radius 2 is 1.43 bits per heavy atom. The van der Waals surface area contributed by atoms with E-state index in [1.54, 1.807) is 0 Å². The molecule has 3 rings (SSSR count). The van der Waals surface area contributed by atoms with Gasteiger partial charge in [0.1, 0.15) is 22.3 Å². The average Bonchev–Trinajstić information content (AvgIpc) is 2.84. The zero-order valence-corrected chi connectivity index (χ0v) is 22.4. The van der Waals surface area contributed by atoms with Gasteiger partial charge in [-0.2, -0.15) is 8.42 Å². The van der Waals surface area contributed by atoms with Crippen LogP contribution in [0.1, 0.15) is 31.8 Å². The van der Waals surface area contributed by atoms with E-state index >= 15 is 0 Å². The second-order valence-electron chi connectivity index (χ2n) is 7.66. The van der Waals surface area contributed by atoms with Crippen LogP contribution in [-0.4, -0.2) is 59.7 Å². The van der Waals surface area contributed by atoms with Crippen LogP contribution < -0.4 is 0 Å². The Bertz CT molecular complexity index is 1640. The molecule has 0 fully saturated rings. The summed E-state index contributed by atoms with van der Waals surface area (Å²) in [5, 5.41) is 40.6. The third-order valence-electron chi connectivity index (χ3n) is 4.97. The number of hydrogen-bond acceptors (Lipinski definition) is 10. The summed E-state index contributed by atoms with van der Waals surface area (Å²) >= 11 is 0. The van der Waals surface area contributed by atoms with E-state index in [4.69, 9.17) is 0 Å². The maximum Gasteiger partial charge on any atom is 1.00 e. The molecule has 0 spiro atoms. The van der Waals surface area contributed by atoms with Gasteiger partial charge in [0.05, 0.1) is 20.9 Å². The van der Waals surface area contributed by atoms with Crippen molar-refractivity contribution in [3.05, 3.63) is 82.3 Å². The topological polar surface area (TPSA) is 261 Å². The summed E-state index contributed by atoms with van der Waals surface area (Å²) in [5.41, 5.74) is 1.79. The molecule has 0 amide bonds. The average molecular weight is 643 g/mol. The Morgan fingerprint density at radius 1 is 0.825 bits per heavy atom. The number of carbonyl (C=O) groups is 2. The number of carboxylic acids is 2. The van der Waals surface area contributed by atoms with Gasteiger partial charge in [-0.15, -0.1) is 10.2 Å². The number of aryl methyl sites for hydroxylation is 1. The molecule has 0 aliphatic heterocycles. The molecule has 0 unspecified atom stereocenters. The Morgan fingerprint density at radius 3 is 1.98 bits per heavy atom. The molecular weight excluding hydrogens is 624 g/mol. The van der Waals surface area contributed by atoms with Crippen LogP contribution in [0.2, 0.25) is 0 Å². The van der Waals surface area contributed by atoms with Crippen molar-refractivity contribution in [1.82, 2.24) is 0 Å². The predicted molar refractivity (Wildman–Crippen MR) is 137 cm³/mol. The van der Waals surface area contributed by atoms with Crippen molar-refractivity contribution in [2.75, 3.05) is 0 Å². The molecule has 18 heteroatoms. The molecule has 40 heavy (non-hydrogen) atoms. The molecule has 0 aliphatic carbocycles. The summed E-state index contributed by atoms with van der Waals surface area (Å²) in [6, 6.07) is 9.70. The molecule has 0 aromatic heterocycles. The van der Waals surface area contributed by atoms with Crippen LogP contribution in [0.15, 0.2) is 79.7 Å². The summed E-state index contributed by atoms with van der Waals surface area (Å²) in [5.74, 6) is -3.99. The van der Waals surface area contributed by atoms with Crippen molar-refractivity contribution >= 4 is 50.1 Å². The quantitative estimate of drug-likeness (QED) is 0.0425. The first-order valence-corrected chi connectivity index (χ1v) is 13.3. The number of nitrogens with zero attached hydrogens (tertiary/aromatic N) is 4. The summed E-state index contributed by atoms with van der Waals surface area (Å²) in [6.07, 6.45) is 0. The van der Waals surface area contributed by atoms with Gasteiger partial charge in [0.15, 0.2) is 5.84 Å². The van der Waals surface area contributed by atoms with Crippen LogP contribution in [0.3, 0.4) is 0 Å². The first-order valence-electron chi connectivity index (χ1n) is 10.3. The molecule has 0 atom stereocenters. The minimum atomic E-state index is -4.70. The molecule has 15 nitrogen and oxygen atoms in total. The number of phenols is 1. The molecule has 7 N–H and O–H groups in total. The fourth-order valence-corrected chi connectivity index (χ4v) is 4.20. The molecule has 0 saturated heterocycles. The van der Waals surface area contributed by atoms with Crippen LogP contribution in [0.25, 0.3) is 5.43 Å². The van der Waals surface area contributed by atoms with Crippen LogP contribution in [0, 0.1) is 6.92 Å². The molecule has 0 bridgehead atoms. The first-order chi connectivity index (χ1) is 18.1. The maximum absolute atomic E-state index is 11.8. The van der Waals surface area contributed by atoms with Crippen molar-refractivity contribution in [2.24, 2.45) is 15.3 Å². The van der Waals surface area contributed by atoms with E-state index in [0.717, 1.165) is 30.3 Å². The molecule has 0 aliphatic rings. The van der Waals surface area contributed by atoms with E-state index in [1.165, 1.54) is 31.2 Å². The fourth-order valence-electron chi connectivity index (χ4n) is 3.09. The number of azo groups is 1. The Hall–Kier alpha value is -3.87. The second-order valence-corrected chi connectivity index (χ2v) is 10.6. The van der Waals surface area contributed by atoms with Gasteiger partial charge in [-0.25, -0.2) is 9.59 Å². The molecular formula is C22H19CuN4O11S2. The minimum absolute atomic E-state index is 0. The molecule has 0 saturated carbocycles. The van der Waals surface area contributed by atoms with Crippen molar-refractivity contribution in [2.45, 2.75) is 16.7 Å². The van der Waals surface area contributed by atoms with Gasteiger partial charge >= 0.3 is 29.0 Å². The number of benzene rings is 3. The predicted octanol–water partition coefficient (Wildman–Crippen LogP) is 5.07. The van der Waals surface area contributed by atoms with Crippen LogP contribution in [0.4, 0.5) is 11.4 Å². The summed E-state index contributed by atoms with van der Waals surface area (Å²) in [6.45, 7) is 1.32. The van der Waals surface area contributed by atoms with Gasteiger partial charge in [-0.3, -0.25) is 4.55 Å². The van der Waals surface area contributed by atoms with E-state index < -0.39 is 71.2 Å². The minimum Gasteiger partial charge on any atom is -0.571 e. The number of rotatable bonds is 8. The van der Waals surface area contributed by atoms with Crippen LogP contribution in [0.5, 0.6) is 5.75 Å². The molecule has 3 aromatic carbocycles. The largest absolute Gasteiger partial charge is 1.00 e. The van der Waals surface area contributed by atoms with Crippen molar-refractivity contribution in [3.8, 4) is 5.75 Å². The third kappa shape index (κ3) is 7.62. The van der Waals surface area contributed by atoms with E-state index in [1.807, 2.05) is 0 Å². The van der Waals surface area contributed by atoms with Gasteiger partial charge in [-0.05, 0) is 42.8 Å². The molecule has 0 heterocycles. The van der Waals surface area contributed by atoms with Gasteiger partial charge in [0, 0.05) is 5.56 Å². The number of amidine groups is 1. The molecule has 3 aromatic rings. The van der Waals surface area contributed by atoms with Gasteiger partial charge < -0.3 is 39.5 Å². The van der Waals surface area contributed by atoms with Crippen molar-refractivity contribution in [3.63, 3.8) is 0 Å². The number of hydrogen-bond donors (Lipinski definition) is 7. The van der Waals surface area contributed by atoms with Crippen LogP contribution in [-0.2, 0) is 27.2 Å². The zero-order chi connectivity index (χ0) is 29.1. The number of phenolic OH excluding ortho intramolecular Hbond substituents is 1. The number of aromatic carboxylic acids is 2. The maximum atomic E-state index is 11.8. The van der Waals surface area contributed by atoms with E-state index in [-0.39, 0.29) is 33.8 Å². The summed E-state index contributed by atoms with van der Waals surface area (Å²) in [7, 11) is -8.97. The summed E-state index contributed by atoms with van der Waals surface area (Å²) < 4.78 is 61.1. The van der Waals surface area contributed by atoms with E-state index in [0.29, 0.717) is 0 Å². The van der Waals surface area contributed by atoms with E-state index in [2.05, 4.69) is 20.8 Å². The standard InChI is InChI=1S/C22H20N4O11S2.Cu/c1-11-8-13(39(35,36)37)10-18(19(11)27)24-26-20(14-4-2-3-5-15(14)21(28)29)25-23-17-9-12(38(32,33)34)6-7-16(17)22(30)31;/h2-10H,1H3,(H8,23,24,25,26,27,28,29,30,31,32,33,34,35,36,37);/q;+1/p-1. The fraction of sp³-hybridized carbons (Fsp3) is 0.0455. The normalized spacial score (nSPS) is 12.6. The van der Waals surface area contributed by atoms with E-state index in [9.17, 15) is 51.5 Å².